The quantitative estimate of drug-likeness (QED) is 0.436. The number of carboxylic acid groups (broad SMARTS) is 1. The summed E-state index contributed by atoms with van der Waals surface area (Å²) < 4.78 is 42.4. The molecular formula is C23H24ClFN4O4S2. The summed E-state index contributed by atoms with van der Waals surface area (Å²) in [4.78, 5) is 18.8. The Hall–Kier alpha value is -2.73. The fourth-order valence-corrected chi connectivity index (χ4v) is 6.25. The molecule has 0 saturated carbocycles. The summed E-state index contributed by atoms with van der Waals surface area (Å²) in [5, 5.41) is 11.0. The Balaban J connectivity index is 1.48. The Bertz CT molecular complexity index is 1350. The normalized spacial score (nSPS) is 16.4. The summed E-state index contributed by atoms with van der Waals surface area (Å²) in [7, 11) is -2.39. The van der Waals surface area contributed by atoms with Gasteiger partial charge in [-0.2, -0.15) is 0 Å². The minimum atomic E-state index is -4.19. The summed E-state index contributed by atoms with van der Waals surface area (Å²) in [5.74, 6) is -1.75. The van der Waals surface area contributed by atoms with Gasteiger partial charge in [-0.05, 0) is 36.6 Å². The highest BCUT2D eigenvalue weighted by atomic mass is 35.5. The molecule has 1 saturated heterocycles. The largest absolute Gasteiger partial charge is 0.478 e. The molecule has 1 aromatic heterocycles. The van der Waals surface area contributed by atoms with E-state index in [1.807, 2.05) is 11.0 Å². The van der Waals surface area contributed by atoms with Gasteiger partial charge in [-0.25, -0.2) is 22.6 Å². The molecular weight excluding hydrogens is 515 g/mol. The third-order valence-electron chi connectivity index (χ3n) is 6.21. The summed E-state index contributed by atoms with van der Waals surface area (Å²) >= 11 is 7.63. The summed E-state index contributed by atoms with van der Waals surface area (Å²) in [6, 6.07) is 7.53. The van der Waals surface area contributed by atoms with Crippen molar-refractivity contribution in [1.82, 2.24) is 9.88 Å². The fraction of sp³-hybridized carbons (Fsp3) is 0.304. The van der Waals surface area contributed by atoms with Gasteiger partial charge in [0.05, 0.1) is 21.8 Å². The number of nitrogens with zero attached hydrogens (tertiary/aromatic N) is 3. The number of rotatable bonds is 8. The van der Waals surface area contributed by atoms with E-state index in [4.69, 9.17) is 11.6 Å². The molecule has 186 valence electrons. The van der Waals surface area contributed by atoms with Crippen molar-refractivity contribution < 1.29 is 22.7 Å². The van der Waals surface area contributed by atoms with Crippen molar-refractivity contribution in [2.45, 2.75) is 30.8 Å². The van der Waals surface area contributed by atoms with Crippen molar-refractivity contribution in [1.29, 1.82) is 0 Å². The lowest BCUT2D eigenvalue weighted by atomic mass is 10.0. The lowest BCUT2D eigenvalue weighted by Gasteiger charge is -2.28. The molecule has 1 atom stereocenters. The van der Waals surface area contributed by atoms with Crippen LogP contribution in [0.15, 0.2) is 46.1 Å². The average molecular weight is 539 g/mol. The smallest absolute Gasteiger partial charge is 0.335 e. The second kappa shape index (κ2) is 10.1. The monoisotopic (exact) mass is 538 g/mol. The molecule has 35 heavy (non-hydrogen) atoms. The van der Waals surface area contributed by atoms with E-state index in [1.165, 1.54) is 22.2 Å². The van der Waals surface area contributed by atoms with Gasteiger partial charge in [0.1, 0.15) is 10.7 Å². The molecule has 2 heterocycles. The third-order valence-corrected chi connectivity index (χ3v) is 8.47. The van der Waals surface area contributed by atoms with E-state index in [0.717, 1.165) is 36.2 Å². The maximum absolute atomic E-state index is 14.9. The molecule has 1 aliphatic rings. The first-order valence-corrected chi connectivity index (χ1v) is 13.5. The summed E-state index contributed by atoms with van der Waals surface area (Å²) in [6.07, 6.45) is 0.789. The Kier molecular flexibility index (Phi) is 7.32. The number of carbonyl (C=O) groups is 1. The van der Waals surface area contributed by atoms with Gasteiger partial charge in [0.2, 0.25) is 0 Å². The first kappa shape index (κ1) is 25.4. The number of aromatic carboxylic acids is 1. The number of hydrogen-bond acceptors (Lipinski definition) is 7. The van der Waals surface area contributed by atoms with Crippen LogP contribution in [0.5, 0.6) is 0 Å². The van der Waals surface area contributed by atoms with Crippen LogP contribution < -0.4 is 9.62 Å². The molecule has 1 unspecified atom stereocenters. The van der Waals surface area contributed by atoms with Crippen molar-refractivity contribution in [3.63, 3.8) is 0 Å². The molecule has 2 N–H and O–H groups in total. The number of likely N-dealkylation sites (N-methyl/N-ethyl adjacent to an activating group) is 1. The van der Waals surface area contributed by atoms with Crippen molar-refractivity contribution >= 4 is 50.4 Å². The van der Waals surface area contributed by atoms with Gasteiger partial charge in [0.25, 0.3) is 10.0 Å². The number of carboxylic acids is 1. The molecule has 2 aromatic carbocycles. The van der Waals surface area contributed by atoms with Crippen LogP contribution in [-0.4, -0.2) is 55.6 Å². The number of sulfonamides is 1. The van der Waals surface area contributed by atoms with Gasteiger partial charge in [-0.15, -0.1) is 11.3 Å². The van der Waals surface area contributed by atoms with E-state index in [1.54, 1.807) is 26.1 Å². The second-order valence-corrected chi connectivity index (χ2v) is 11.2. The Morgan fingerprint density at radius 1 is 1.40 bits per heavy atom. The highest BCUT2D eigenvalue weighted by Crippen LogP contribution is 2.34. The van der Waals surface area contributed by atoms with E-state index in [0.29, 0.717) is 18.8 Å². The molecule has 12 heteroatoms. The topological polar surface area (TPSA) is 103 Å². The molecule has 1 aliphatic heterocycles. The van der Waals surface area contributed by atoms with Crippen molar-refractivity contribution in [3.8, 4) is 0 Å². The zero-order chi connectivity index (χ0) is 25.3. The molecule has 4 rings (SSSR count). The number of hydrogen-bond donors (Lipinski definition) is 2. The number of nitrogens with one attached hydrogen (secondary N) is 1. The standard InChI is InChI=1S/C23H24ClFN4O4S2/c1-14-15(4-3-5-17(14)23(30)31)10-29-7-6-16(11-29)28(2)20-9-19(25)21(8-18(20)24)35(32,33)27-22-12-34-13-26-22/h3-5,8-9,12-13,16,27H,6-7,10-11H2,1-2H3,(H,30,31). The van der Waals surface area contributed by atoms with Crippen LogP contribution in [0.4, 0.5) is 15.9 Å². The van der Waals surface area contributed by atoms with Crippen LogP contribution in [-0.2, 0) is 16.6 Å². The van der Waals surface area contributed by atoms with E-state index in [2.05, 4.69) is 14.6 Å². The number of thiazole rings is 1. The Morgan fingerprint density at radius 3 is 2.86 bits per heavy atom. The average Bonchev–Trinajstić information content (AvgIpc) is 3.47. The molecule has 1 fully saturated rings. The van der Waals surface area contributed by atoms with Crippen LogP contribution in [0.2, 0.25) is 5.02 Å². The predicted molar refractivity (Wildman–Crippen MR) is 135 cm³/mol. The molecule has 0 bridgehead atoms. The molecule has 0 spiro atoms. The van der Waals surface area contributed by atoms with Gasteiger partial charge in [0, 0.05) is 44.2 Å². The number of aromatic nitrogens is 1. The van der Waals surface area contributed by atoms with Crippen molar-refractivity contribution in [3.05, 3.63) is 68.8 Å². The molecule has 0 aliphatic carbocycles. The SMILES string of the molecule is Cc1c(CN2CCC(N(C)c3cc(F)c(S(=O)(=O)Nc4cscn4)cc3Cl)C2)cccc1C(=O)O. The van der Waals surface area contributed by atoms with Gasteiger partial charge in [0.15, 0.2) is 5.82 Å². The summed E-state index contributed by atoms with van der Waals surface area (Å²) in [5.41, 5.74) is 3.84. The minimum Gasteiger partial charge on any atom is -0.478 e. The lowest BCUT2D eigenvalue weighted by molar-refractivity contribution is 0.0696. The van der Waals surface area contributed by atoms with Crippen molar-refractivity contribution in [2.24, 2.45) is 0 Å². The molecule has 0 radical (unpaired) electrons. The van der Waals surface area contributed by atoms with Crippen LogP contribution >= 0.6 is 22.9 Å². The van der Waals surface area contributed by atoms with E-state index >= 15 is 0 Å². The molecule has 0 amide bonds. The first-order valence-electron chi connectivity index (χ1n) is 10.7. The van der Waals surface area contributed by atoms with Gasteiger partial charge in [-0.3, -0.25) is 9.62 Å². The molecule has 3 aromatic rings. The molecule has 8 nitrogen and oxygen atoms in total. The zero-order valence-electron chi connectivity index (χ0n) is 19.0. The zero-order valence-corrected chi connectivity index (χ0v) is 21.4. The number of benzene rings is 2. The fourth-order valence-electron chi connectivity index (χ4n) is 4.25. The van der Waals surface area contributed by atoms with E-state index in [-0.39, 0.29) is 22.4 Å². The van der Waals surface area contributed by atoms with Gasteiger partial charge < -0.3 is 10.0 Å². The van der Waals surface area contributed by atoms with E-state index < -0.39 is 26.7 Å². The van der Waals surface area contributed by atoms with Crippen LogP contribution in [0.1, 0.15) is 27.9 Å². The highest BCUT2D eigenvalue weighted by Gasteiger charge is 2.29. The number of likely N-dealkylation sites (tertiary alicyclic amines) is 1. The highest BCUT2D eigenvalue weighted by molar-refractivity contribution is 7.92. The third kappa shape index (κ3) is 5.43. The van der Waals surface area contributed by atoms with Crippen molar-refractivity contribution in [2.75, 3.05) is 29.8 Å². The van der Waals surface area contributed by atoms with E-state index in [9.17, 15) is 22.7 Å². The summed E-state index contributed by atoms with van der Waals surface area (Å²) in [6.45, 7) is 3.84. The van der Waals surface area contributed by atoms with Crippen LogP contribution in [0, 0.1) is 12.7 Å². The van der Waals surface area contributed by atoms with Crippen LogP contribution in [0.25, 0.3) is 0 Å². The predicted octanol–water partition coefficient (Wildman–Crippen LogP) is 4.45. The Labute approximate surface area is 212 Å². The van der Waals surface area contributed by atoms with Gasteiger partial charge in [-0.1, -0.05) is 23.7 Å². The minimum absolute atomic E-state index is 0.0189. The second-order valence-electron chi connectivity index (χ2n) is 8.40. The lowest BCUT2D eigenvalue weighted by Crippen LogP contribution is -2.34. The first-order chi connectivity index (χ1) is 16.6. The maximum Gasteiger partial charge on any atom is 0.335 e. The van der Waals surface area contributed by atoms with Gasteiger partial charge >= 0.3 is 5.97 Å². The number of halogens is 2. The number of anilines is 2. The van der Waals surface area contributed by atoms with Crippen LogP contribution in [0.3, 0.4) is 0 Å². The Morgan fingerprint density at radius 2 is 2.17 bits per heavy atom. The maximum atomic E-state index is 14.9.